The molecule has 0 aliphatic carbocycles. The molecule has 142 valence electrons. The van der Waals surface area contributed by atoms with Crippen molar-refractivity contribution in [1.29, 1.82) is 0 Å². The first-order valence-corrected chi connectivity index (χ1v) is 9.22. The second-order valence-corrected chi connectivity index (χ2v) is 6.21. The molecule has 0 unspecified atom stereocenters. The van der Waals surface area contributed by atoms with Crippen molar-refractivity contribution in [3.05, 3.63) is 53.2 Å². The number of esters is 1. The second-order valence-electron chi connectivity index (χ2n) is 4.98. The number of carbonyl (C=O) groups is 3. The SMILES string of the molecule is CSc1ncccc1C(=O)OCC(=O)NNC(=O)COc1ccc(Cl)cc1. The van der Waals surface area contributed by atoms with E-state index < -0.39 is 24.4 Å². The van der Waals surface area contributed by atoms with Crippen molar-refractivity contribution in [2.45, 2.75) is 5.03 Å². The molecule has 0 saturated carbocycles. The van der Waals surface area contributed by atoms with Gasteiger partial charge >= 0.3 is 5.97 Å². The highest BCUT2D eigenvalue weighted by atomic mass is 35.5. The molecule has 2 aromatic rings. The Morgan fingerprint density at radius 2 is 1.74 bits per heavy atom. The van der Waals surface area contributed by atoms with Crippen LogP contribution in [-0.2, 0) is 14.3 Å². The average molecular weight is 410 g/mol. The second kappa shape index (κ2) is 10.4. The van der Waals surface area contributed by atoms with Gasteiger partial charge in [0.15, 0.2) is 13.2 Å². The molecule has 1 aromatic heterocycles. The fourth-order valence-electron chi connectivity index (χ4n) is 1.81. The Bertz CT molecular complexity index is 816. The zero-order valence-corrected chi connectivity index (χ0v) is 15.8. The maximum Gasteiger partial charge on any atom is 0.341 e. The molecule has 0 saturated heterocycles. The average Bonchev–Trinajstić information content (AvgIpc) is 2.69. The van der Waals surface area contributed by atoms with Gasteiger partial charge in [-0.2, -0.15) is 0 Å². The van der Waals surface area contributed by atoms with E-state index in [0.717, 1.165) is 0 Å². The van der Waals surface area contributed by atoms with Gasteiger partial charge in [0.05, 0.1) is 5.56 Å². The van der Waals surface area contributed by atoms with Crippen molar-refractivity contribution in [2.24, 2.45) is 0 Å². The number of amides is 2. The molecule has 8 nitrogen and oxygen atoms in total. The van der Waals surface area contributed by atoms with Crippen LogP contribution in [0.2, 0.25) is 5.02 Å². The summed E-state index contributed by atoms with van der Waals surface area (Å²) >= 11 is 7.03. The number of nitrogens with zero attached hydrogens (tertiary/aromatic N) is 1. The summed E-state index contributed by atoms with van der Waals surface area (Å²) in [7, 11) is 0. The van der Waals surface area contributed by atoms with E-state index in [1.165, 1.54) is 11.8 Å². The van der Waals surface area contributed by atoms with Gasteiger partial charge in [0.25, 0.3) is 11.8 Å². The molecule has 10 heteroatoms. The Balaban J connectivity index is 1.70. The van der Waals surface area contributed by atoms with E-state index in [0.29, 0.717) is 15.8 Å². The summed E-state index contributed by atoms with van der Waals surface area (Å²) < 4.78 is 10.1. The first kappa shape index (κ1) is 20.5. The fourth-order valence-corrected chi connectivity index (χ4v) is 2.47. The number of thioether (sulfide) groups is 1. The van der Waals surface area contributed by atoms with Crippen molar-refractivity contribution in [3.8, 4) is 5.75 Å². The minimum Gasteiger partial charge on any atom is -0.484 e. The largest absolute Gasteiger partial charge is 0.484 e. The molecule has 0 fully saturated rings. The van der Waals surface area contributed by atoms with Gasteiger partial charge in [-0.3, -0.25) is 20.4 Å². The molecular formula is C17H16ClN3O5S. The number of benzene rings is 1. The molecule has 0 radical (unpaired) electrons. The van der Waals surface area contributed by atoms with Crippen LogP contribution in [0.5, 0.6) is 5.75 Å². The third-order valence-corrected chi connectivity index (χ3v) is 4.01. The number of ether oxygens (including phenoxy) is 2. The quantitative estimate of drug-likeness (QED) is 0.408. The van der Waals surface area contributed by atoms with Crippen LogP contribution in [0.25, 0.3) is 0 Å². The Labute approximate surface area is 164 Å². The summed E-state index contributed by atoms with van der Waals surface area (Å²) in [6.45, 7) is -0.867. The number of hydrogen-bond acceptors (Lipinski definition) is 7. The summed E-state index contributed by atoms with van der Waals surface area (Å²) in [6.07, 6.45) is 3.32. The predicted octanol–water partition coefficient (Wildman–Crippen LogP) is 1.84. The van der Waals surface area contributed by atoms with Crippen molar-refractivity contribution < 1.29 is 23.9 Å². The maximum absolute atomic E-state index is 12.0. The van der Waals surface area contributed by atoms with Crippen molar-refractivity contribution in [2.75, 3.05) is 19.5 Å². The summed E-state index contributed by atoms with van der Waals surface area (Å²) in [5.41, 5.74) is 4.54. The van der Waals surface area contributed by atoms with Gasteiger partial charge in [-0.25, -0.2) is 9.78 Å². The highest BCUT2D eigenvalue weighted by Gasteiger charge is 2.15. The molecule has 2 rings (SSSR count). The van der Waals surface area contributed by atoms with Gasteiger partial charge < -0.3 is 9.47 Å². The molecule has 0 spiro atoms. The number of nitrogens with one attached hydrogen (secondary N) is 2. The van der Waals surface area contributed by atoms with Crippen molar-refractivity contribution in [1.82, 2.24) is 15.8 Å². The lowest BCUT2D eigenvalue weighted by Crippen LogP contribution is -2.45. The third-order valence-electron chi connectivity index (χ3n) is 3.04. The lowest BCUT2D eigenvalue weighted by atomic mass is 10.3. The molecule has 2 amide bonds. The van der Waals surface area contributed by atoms with Gasteiger partial charge in [-0.1, -0.05) is 11.6 Å². The molecule has 1 aromatic carbocycles. The van der Waals surface area contributed by atoms with Crippen LogP contribution >= 0.6 is 23.4 Å². The molecule has 2 N–H and O–H groups in total. The number of halogens is 1. The van der Waals surface area contributed by atoms with Gasteiger partial charge in [-0.05, 0) is 42.7 Å². The number of carbonyl (C=O) groups excluding carboxylic acids is 3. The lowest BCUT2D eigenvalue weighted by molar-refractivity contribution is -0.131. The molecule has 27 heavy (non-hydrogen) atoms. The van der Waals surface area contributed by atoms with Crippen LogP contribution in [0.15, 0.2) is 47.6 Å². The zero-order valence-electron chi connectivity index (χ0n) is 14.2. The lowest BCUT2D eigenvalue weighted by Gasteiger charge is -2.10. The van der Waals surface area contributed by atoms with E-state index in [9.17, 15) is 14.4 Å². The minimum atomic E-state index is -0.696. The van der Waals surface area contributed by atoms with Gasteiger partial charge in [0.2, 0.25) is 0 Å². The summed E-state index contributed by atoms with van der Waals surface area (Å²) in [6, 6.07) is 9.60. The van der Waals surface area contributed by atoms with Crippen LogP contribution in [0.3, 0.4) is 0 Å². The number of aromatic nitrogens is 1. The monoisotopic (exact) mass is 409 g/mol. The molecule has 1 heterocycles. The van der Waals surface area contributed by atoms with Crippen molar-refractivity contribution in [3.63, 3.8) is 0 Å². The van der Waals surface area contributed by atoms with E-state index in [-0.39, 0.29) is 12.2 Å². The van der Waals surface area contributed by atoms with Crippen LogP contribution in [0.4, 0.5) is 0 Å². The fraction of sp³-hybridized carbons (Fsp3) is 0.176. The third kappa shape index (κ3) is 6.80. The van der Waals surface area contributed by atoms with Crippen LogP contribution in [-0.4, -0.2) is 42.2 Å². The van der Waals surface area contributed by atoms with Gasteiger partial charge in [0, 0.05) is 11.2 Å². The Kier molecular flexibility index (Phi) is 7.90. The summed E-state index contributed by atoms with van der Waals surface area (Å²) in [5, 5.41) is 1.04. The van der Waals surface area contributed by atoms with Crippen LogP contribution in [0, 0.1) is 0 Å². The first-order valence-electron chi connectivity index (χ1n) is 7.61. The molecular weight excluding hydrogens is 394 g/mol. The van der Waals surface area contributed by atoms with E-state index in [1.54, 1.807) is 48.9 Å². The van der Waals surface area contributed by atoms with Gasteiger partial charge in [0.1, 0.15) is 10.8 Å². The van der Waals surface area contributed by atoms with Crippen LogP contribution < -0.4 is 15.6 Å². The number of pyridine rings is 1. The topological polar surface area (TPSA) is 107 Å². The zero-order chi connectivity index (χ0) is 19.6. The molecule has 0 atom stereocenters. The molecule has 0 aliphatic rings. The Hall–Kier alpha value is -2.78. The minimum absolute atomic E-state index is 0.262. The number of hydrogen-bond donors (Lipinski definition) is 2. The van der Waals surface area contributed by atoms with E-state index in [1.807, 2.05) is 0 Å². The highest BCUT2D eigenvalue weighted by Crippen LogP contribution is 2.17. The number of rotatable bonds is 7. The van der Waals surface area contributed by atoms with Gasteiger partial charge in [-0.15, -0.1) is 11.8 Å². The summed E-state index contributed by atoms with van der Waals surface area (Å²) in [5.74, 6) is -1.50. The first-order chi connectivity index (χ1) is 13.0. The Morgan fingerprint density at radius 3 is 2.41 bits per heavy atom. The molecule has 0 bridgehead atoms. The molecule has 0 aliphatic heterocycles. The van der Waals surface area contributed by atoms with E-state index in [2.05, 4.69) is 15.8 Å². The highest BCUT2D eigenvalue weighted by molar-refractivity contribution is 7.98. The van der Waals surface area contributed by atoms with E-state index >= 15 is 0 Å². The summed E-state index contributed by atoms with van der Waals surface area (Å²) in [4.78, 5) is 39.3. The van der Waals surface area contributed by atoms with Crippen LogP contribution in [0.1, 0.15) is 10.4 Å². The van der Waals surface area contributed by atoms with Crippen molar-refractivity contribution >= 4 is 41.1 Å². The van der Waals surface area contributed by atoms with E-state index in [4.69, 9.17) is 21.1 Å². The Morgan fingerprint density at radius 1 is 1.07 bits per heavy atom. The normalized spacial score (nSPS) is 10.0. The predicted molar refractivity (Wildman–Crippen MR) is 99.5 cm³/mol. The number of hydrazine groups is 1. The standard InChI is InChI=1S/C17H16ClN3O5S/c1-27-16-13(3-2-8-19-16)17(24)26-10-15(23)21-20-14(22)9-25-12-6-4-11(18)5-7-12/h2-8H,9-10H2,1H3,(H,20,22)(H,21,23). The smallest absolute Gasteiger partial charge is 0.341 e. The maximum atomic E-state index is 12.0.